The Bertz CT molecular complexity index is 457. The summed E-state index contributed by atoms with van der Waals surface area (Å²) >= 11 is 0. The van der Waals surface area contributed by atoms with Crippen LogP contribution in [0.3, 0.4) is 0 Å². The first-order chi connectivity index (χ1) is 7.88. The van der Waals surface area contributed by atoms with Crippen LogP contribution in [-0.4, -0.2) is 16.0 Å². The lowest BCUT2D eigenvalue weighted by atomic mass is 10.3. The molecule has 17 heavy (non-hydrogen) atoms. The Morgan fingerprint density at radius 2 is 2.06 bits per heavy atom. The van der Waals surface area contributed by atoms with Gasteiger partial charge in [-0.3, -0.25) is 0 Å². The molecule has 0 amide bonds. The van der Waals surface area contributed by atoms with Gasteiger partial charge in [0, 0.05) is 6.07 Å². The molecule has 1 aromatic heterocycles. The van der Waals surface area contributed by atoms with Crippen LogP contribution in [0.2, 0.25) is 0 Å². The van der Waals surface area contributed by atoms with Crippen molar-refractivity contribution < 1.29 is 22.8 Å². The molecule has 5 nitrogen and oxygen atoms in total. The van der Waals surface area contributed by atoms with Gasteiger partial charge in [-0.05, 0) is 28.8 Å². The minimum absolute atomic E-state index is 0.237. The van der Waals surface area contributed by atoms with Gasteiger partial charge in [-0.1, -0.05) is 0 Å². The van der Waals surface area contributed by atoms with Crippen LogP contribution in [0, 0.1) is 10.1 Å². The Balaban J connectivity index is 2.39. The molecular formula is C9H7F3N2O3. The molecule has 1 fully saturated rings. The van der Waals surface area contributed by atoms with Crippen molar-refractivity contribution in [1.82, 2.24) is 4.98 Å². The van der Waals surface area contributed by atoms with Crippen molar-refractivity contribution in [1.29, 1.82) is 0 Å². The first-order valence-electron chi connectivity index (χ1n) is 4.77. The lowest BCUT2D eigenvalue weighted by Crippen LogP contribution is -2.13. The van der Waals surface area contributed by atoms with E-state index in [0.717, 1.165) is 12.1 Å². The fourth-order valence-corrected chi connectivity index (χ4v) is 1.20. The lowest BCUT2D eigenvalue weighted by molar-refractivity contribution is -0.390. The highest BCUT2D eigenvalue weighted by atomic mass is 19.4. The summed E-state index contributed by atoms with van der Waals surface area (Å²) in [7, 11) is 0. The van der Waals surface area contributed by atoms with Gasteiger partial charge in [-0.25, -0.2) is 0 Å². The van der Waals surface area contributed by atoms with Gasteiger partial charge >= 0.3 is 12.0 Å². The molecule has 0 aromatic carbocycles. The molecule has 0 aliphatic heterocycles. The topological polar surface area (TPSA) is 65.3 Å². The summed E-state index contributed by atoms with van der Waals surface area (Å²) in [6, 6.07) is 1.83. The minimum Gasteiger partial charge on any atom is -0.486 e. The molecule has 1 aliphatic carbocycles. The quantitative estimate of drug-likeness (QED) is 0.609. The van der Waals surface area contributed by atoms with Gasteiger partial charge in [0.2, 0.25) is 0 Å². The molecule has 92 valence electrons. The van der Waals surface area contributed by atoms with Crippen molar-refractivity contribution >= 4 is 5.82 Å². The van der Waals surface area contributed by atoms with E-state index in [1.807, 2.05) is 0 Å². The second-order valence-corrected chi connectivity index (χ2v) is 3.59. The van der Waals surface area contributed by atoms with Crippen molar-refractivity contribution in [2.75, 3.05) is 0 Å². The molecule has 0 radical (unpaired) electrons. The summed E-state index contributed by atoms with van der Waals surface area (Å²) in [6.45, 7) is 0. The second kappa shape index (κ2) is 3.86. The largest absolute Gasteiger partial charge is 0.486 e. The molecule has 1 saturated carbocycles. The van der Waals surface area contributed by atoms with Gasteiger partial charge in [0.05, 0.1) is 6.10 Å². The van der Waals surface area contributed by atoms with Crippen molar-refractivity contribution in [3.05, 3.63) is 27.9 Å². The zero-order valence-electron chi connectivity index (χ0n) is 8.40. The van der Waals surface area contributed by atoms with E-state index in [0.29, 0.717) is 12.8 Å². The molecule has 0 bridgehead atoms. The third-order valence-corrected chi connectivity index (χ3v) is 2.12. The average Bonchev–Trinajstić information content (AvgIpc) is 3.00. The number of rotatable bonds is 3. The Hall–Kier alpha value is -1.86. The molecule has 1 heterocycles. The van der Waals surface area contributed by atoms with Gasteiger partial charge < -0.3 is 14.9 Å². The molecule has 0 unspecified atom stereocenters. The highest BCUT2D eigenvalue weighted by Crippen LogP contribution is 2.38. The number of alkyl halides is 3. The maximum Gasteiger partial charge on any atom is 0.461 e. The first-order valence-corrected chi connectivity index (χ1v) is 4.77. The summed E-state index contributed by atoms with van der Waals surface area (Å²) < 4.78 is 42.8. The smallest absolute Gasteiger partial charge is 0.461 e. The molecule has 0 atom stereocenters. The number of hydrogen-bond donors (Lipinski definition) is 0. The first kappa shape index (κ1) is 11.6. The number of aromatic nitrogens is 1. The van der Waals surface area contributed by atoms with Crippen LogP contribution in [0.15, 0.2) is 12.1 Å². The zero-order valence-corrected chi connectivity index (χ0v) is 8.40. The van der Waals surface area contributed by atoms with Gasteiger partial charge in [0.1, 0.15) is 0 Å². The number of halogens is 3. The van der Waals surface area contributed by atoms with Crippen LogP contribution in [0.5, 0.6) is 5.75 Å². The second-order valence-electron chi connectivity index (χ2n) is 3.59. The third-order valence-electron chi connectivity index (χ3n) is 2.12. The van der Waals surface area contributed by atoms with Crippen molar-refractivity contribution in [3.63, 3.8) is 0 Å². The summed E-state index contributed by atoms with van der Waals surface area (Å²) in [4.78, 5) is 12.4. The SMILES string of the molecule is O=[N+]([O-])c1ccc(OC2CC2)c(C(F)(F)F)n1. The number of nitrogens with zero attached hydrogens (tertiary/aromatic N) is 2. The maximum absolute atomic E-state index is 12.6. The van der Waals surface area contributed by atoms with Crippen LogP contribution in [0.1, 0.15) is 18.5 Å². The molecule has 0 N–H and O–H groups in total. The fourth-order valence-electron chi connectivity index (χ4n) is 1.20. The van der Waals surface area contributed by atoms with E-state index < -0.39 is 28.4 Å². The number of nitro groups is 1. The van der Waals surface area contributed by atoms with Crippen molar-refractivity contribution in [2.45, 2.75) is 25.1 Å². The van der Waals surface area contributed by atoms with Crippen LogP contribution in [0.4, 0.5) is 19.0 Å². The molecule has 8 heteroatoms. The predicted molar refractivity (Wildman–Crippen MR) is 49.5 cm³/mol. The molecule has 2 rings (SSSR count). The zero-order chi connectivity index (χ0) is 12.6. The van der Waals surface area contributed by atoms with E-state index in [1.165, 1.54) is 0 Å². The minimum atomic E-state index is -4.77. The summed E-state index contributed by atoms with van der Waals surface area (Å²) in [5.74, 6) is -1.30. The summed E-state index contributed by atoms with van der Waals surface area (Å²) in [5.41, 5.74) is -1.35. The highest BCUT2D eigenvalue weighted by Gasteiger charge is 2.43. The normalized spacial score (nSPS) is 15.7. The standard InChI is InChI=1S/C9H7F3N2O3/c10-9(11,12)8-6(17-5-1-2-5)3-4-7(13-8)14(15)16/h3-5H,1-2H2. The Labute approximate surface area is 93.4 Å². The van der Waals surface area contributed by atoms with Gasteiger partial charge in [-0.2, -0.15) is 13.2 Å². The highest BCUT2D eigenvalue weighted by molar-refractivity contribution is 5.36. The Morgan fingerprint density at radius 3 is 2.53 bits per heavy atom. The van der Waals surface area contributed by atoms with E-state index in [1.54, 1.807) is 0 Å². The van der Waals surface area contributed by atoms with Crippen molar-refractivity contribution in [2.24, 2.45) is 0 Å². The number of hydrogen-bond acceptors (Lipinski definition) is 4. The van der Waals surface area contributed by atoms with Crippen LogP contribution in [-0.2, 0) is 6.18 Å². The van der Waals surface area contributed by atoms with Gasteiger partial charge in [0.25, 0.3) is 5.69 Å². The monoisotopic (exact) mass is 248 g/mol. The molecule has 1 aromatic rings. The number of pyridine rings is 1. The molecule has 0 saturated heterocycles. The molecule has 1 aliphatic rings. The van der Waals surface area contributed by atoms with Crippen LogP contribution < -0.4 is 4.74 Å². The van der Waals surface area contributed by atoms with Crippen LogP contribution >= 0.6 is 0 Å². The fraction of sp³-hybridized carbons (Fsp3) is 0.444. The average molecular weight is 248 g/mol. The van der Waals surface area contributed by atoms with Gasteiger partial charge in [-0.15, -0.1) is 0 Å². The molecular weight excluding hydrogens is 241 g/mol. The molecule has 0 spiro atoms. The Kier molecular flexibility index (Phi) is 2.64. The van der Waals surface area contributed by atoms with E-state index in [4.69, 9.17) is 4.74 Å². The predicted octanol–water partition coefficient (Wildman–Crippen LogP) is 2.55. The third kappa shape index (κ3) is 2.63. The van der Waals surface area contributed by atoms with Crippen LogP contribution in [0.25, 0.3) is 0 Å². The van der Waals surface area contributed by atoms with Gasteiger partial charge in [0.15, 0.2) is 5.75 Å². The Morgan fingerprint density at radius 1 is 1.41 bits per heavy atom. The lowest BCUT2D eigenvalue weighted by Gasteiger charge is -2.08. The van der Waals surface area contributed by atoms with E-state index in [-0.39, 0.29) is 6.10 Å². The maximum atomic E-state index is 12.6. The number of ether oxygens (including phenoxy) is 1. The van der Waals surface area contributed by atoms with E-state index in [2.05, 4.69) is 4.98 Å². The van der Waals surface area contributed by atoms with E-state index in [9.17, 15) is 23.3 Å². The summed E-state index contributed by atoms with van der Waals surface area (Å²) in [5, 5.41) is 10.4. The van der Waals surface area contributed by atoms with Crippen molar-refractivity contribution in [3.8, 4) is 5.75 Å². The summed E-state index contributed by atoms with van der Waals surface area (Å²) in [6.07, 6.45) is -3.63. The van der Waals surface area contributed by atoms with E-state index >= 15 is 0 Å².